The number of benzene rings is 2. The molecule has 0 spiro atoms. The molecule has 5 rings (SSSR count). The van der Waals surface area contributed by atoms with Gasteiger partial charge >= 0.3 is 0 Å². The van der Waals surface area contributed by atoms with Crippen molar-refractivity contribution >= 4 is 17.3 Å². The van der Waals surface area contributed by atoms with Crippen molar-refractivity contribution in [1.82, 2.24) is 9.99 Å². The molecule has 0 radical (unpaired) electrons. The van der Waals surface area contributed by atoms with Gasteiger partial charge in [0, 0.05) is 40.5 Å². The van der Waals surface area contributed by atoms with E-state index in [1.54, 1.807) is 24.5 Å². The number of phenolic OH excluding ortho intramolecular Hbond substituents is 1. The lowest BCUT2D eigenvalue weighted by Crippen LogP contribution is -2.33. The van der Waals surface area contributed by atoms with Crippen molar-refractivity contribution in [1.29, 1.82) is 0 Å². The molecule has 0 saturated heterocycles. The van der Waals surface area contributed by atoms with Gasteiger partial charge in [0.15, 0.2) is 11.5 Å². The molecular weight excluding hydrogens is 390 g/mol. The summed E-state index contributed by atoms with van der Waals surface area (Å²) in [6, 6.07) is 14.8. The Balaban J connectivity index is 1.60. The minimum atomic E-state index is -0.390. The van der Waals surface area contributed by atoms with E-state index in [0.717, 1.165) is 28.2 Å². The van der Waals surface area contributed by atoms with Crippen molar-refractivity contribution in [3.63, 3.8) is 0 Å². The van der Waals surface area contributed by atoms with Gasteiger partial charge in [-0.05, 0) is 42.5 Å². The van der Waals surface area contributed by atoms with E-state index >= 15 is 0 Å². The predicted molar refractivity (Wildman–Crippen MR) is 109 cm³/mol. The highest BCUT2D eigenvalue weighted by molar-refractivity contribution is 6.30. The van der Waals surface area contributed by atoms with E-state index in [1.165, 1.54) is 7.11 Å². The molecule has 6 nitrogen and oxygen atoms in total. The quantitative estimate of drug-likeness (QED) is 0.682. The van der Waals surface area contributed by atoms with Crippen LogP contribution >= 0.6 is 11.6 Å². The molecule has 2 aromatic carbocycles. The lowest BCUT2D eigenvalue weighted by Gasteiger charge is -2.38. The second-order valence-electron chi connectivity index (χ2n) is 6.97. The summed E-state index contributed by atoms with van der Waals surface area (Å²) in [6.45, 7) is 0. The van der Waals surface area contributed by atoms with E-state index in [9.17, 15) is 5.11 Å². The molecule has 0 unspecified atom stereocenters. The molecule has 0 fully saturated rings. The van der Waals surface area contributed by atoms with Crippen LogP contribution in [0.5, 0.6) is 17.2 Å². The zero-order valence-electron chi connectivity index (χ0n) is 15.6. The summed E-state index contributed by atoms with van der Waals surface area (Å²) in [5.41, 5.74) is 3.70. The summed E-state index contributed by atoms with van der Waals surface area (Å²) in [7, 11) is 1.53. The maximum absolute atomic E-state index is 9.92. The van der Waals surface area contributed by atoms with Gasteiger partial charge in [-0.2, -0.15) is 5.10 Å². The lowest BCUT2D eigenvalue weighted by molar-refractivity contribution is -0.0192. The number of phenols is 1. The topological polar surface area (TPSA) is 67.2 Å². The maximum Gasteiger partial charge on any atom is 0.215 e. The number of halogens is 1. The van der Waals surface area contributed by atoms with Crippen LogP contribution in [0, 0.1) is 0 Å². The Morgan fingerprint density at radius 3 is 2.90 bits per heavy atom. The smallest absolute Gasteiger partial charge is 0.215 e. The number of pyridine rings is 1. The number of aromatic hydroxyl groups is 1. The Kier molecular flexibility index (Phi) is 4.28. The van der Waals surface area contributed by atoms with E-state index in [-0.39, 0.29) is 18.0 Å². The number of rotatable bonds is 3. The van der Waals surface area contributed by atoms with Gasteiger partial charge in [0.2, 0.25) is 6.23 Å². The zero-order chi connectivity index (χ0) is 20.0. The van der Waals surface area contributed by atoms with Crippen LogP contribution in [-0.4, -0.2) is 27.9 Å². The van der Waals surface area contributed by atoms with Crippen LogP contribution in [0.3, 0.4) is 0 Å². The summed E-state index contributed by atoms with van der Waals surface area (Å²) >= 11 is 6.27. The average Bonchev–Trinajstić information content (AvgIpc) is 3.20. The Morgan fingerprint density at radius 2 is 2.10 bits per heavy atom. The van der Waals surface area contributed by atoms with Crippen molar-refractivity contribution in [2.24, 2.45) is 5.10 Å². The number of hydrogen-bond acceptors (Lipinski definition) is 6. The molecule has 1 aromatic heterocycles. The van der Waals surface area contributed by atoms with Gasteiger partial charge in [0.05, 0.1) is 18.9 Å². The molecule has 3 aromatic rings. The molecule has 2 aliphatic heterocycles. The molecule has 1 N–H and O–H groups in total. The Labute approximate surface area is 173 Å². The molecule has 0 aliphatic carbocycles. The number of hydrazone groups is 1. The van der Waals surface area contributed by atoms with Crippen LogP contribution in [0.4, 0.5) is 0 Å². The Bertz CT molecular complexity index is 1100. The third-order valence-corrected chi connectivity index (χ3v) is 5.47. The number of fused-ring (bicyclic) bond motifs is 3. The van der Waals surface area contributed by atoms with E-state index in [0.29, 0.717) is 17.2 Å². The van der Waals surface area contributed by atoms with Crippen molar-refractivity contribution in [2.45, 2.75) is 18.7 Å². The van der Waals surface area contributed by atoms with Gasteiger partial charge in [-0.15, -0.1) is 0 Å². The molecule has 2 aliphatic rings. The van der Waals surface area contributed by atoms with Gasteiger partial charge in [-0.1, -0.05) is 17.7 Å². The first-order chi connectivity index (χ1) is 14.1. The van der Waals surface area contributed by atoms with Crippen molar-refractivity contribution in [2.75, 3.05) is 7.11 Å². The van der Waals surface area contributed by atoms with Crippen LogP contribution in [0.1, 0.15) is 35.4 Å². The second-order valence-corrected chi connectivity index (χ2v) is 7.41. The van der Waals surface area contributed by atoms with E-state index in [4.69, 9.17) is 26.2 Å². The van der Waals surface area contributed by atoms with Gasteiger partial charge in [-0.25, -0.2) is 5.01 Å². The first kappa shape index (κ1) is 17.8. The summed E-state index contributed by atoms with van der Waals surface area (Å²) in [6.07, 6.45) is 3.82. The molecule has 0 amide bonds. The van der Waals surface area contributed by atoms with E-state index in [1.807, 2.05) is 41.4 Å². The summed E-state index contributed by atoms with van der Waals surface area (Å²) in [4.78, 5) is 4.23. The van der Waals surface area contributed by atoms with E-state index in [2.05, 4.69) is 4.98 Å². The minimum Gasteiger partial charge on any atom is -0.504 e. The van der Waals surface area contributed by atoms with Crippen molar-refractivity contribution in [3.8, 4) is 17.2 Å². The number of aromatic nitrogens is 1. The van der Waals surface area contributed by atoms with Gasteiger partial charge in [-0.3, -0.25) is 4.98 Å². The Morgan fingerprint density at radius 1 is 1.21 bits per heavy atom. The standard InChI is InChI=1S/C22H18ClN3O3/c1-28-21-9-13(4-6-19(21)27)17-11-18-16-10-15(23)5-7-20(16)29-22(26(18)25-17)14-3-2-8-24-12-14/h2-10,12,18,22,27H,11H2,1H3/t18-,22-/m0/s1. The molecule has 146 valence electrons. The van der Waals surface area contributed by atoms with Crippen LogP contribution in [0.15, 0.2) is 66.0 Å². The molecule has 29 heavy (non-hydrogen) atoms. The fourth-order valence-electron chi connectivity index (χ4n) is 3.83. The number of ether oxygens (including phenoxy) is 2. The molecule has 0 saturated carbocycles. The summed E-state index contributed by atoms with van der Waals surface area (Å²) in [5.74, 6) is 1.31. The third-order valence-electron chi connectivity index (χ3n) is 5.23. The monoisotopic (exact) mass is 407 g/mol. The first-order valence-electron chi connectivity index (χ1n) is 9.23. The van der Waals surface area contributed by atoms with Crippen LogP contribution in [-0.2, 0) is 0 Å². The van der Waals surface area contributed by atoms with Crippen molar-refractivity contribution in [3.05, 3.63) is 82.6 Å². The SMILES string of the molecule is COc1cc(C2=NN3[C@@H](C2)c2cc(Cl)ccc2O[C@H]3c2cccnc2)ccc1O. The highest BCUT2D eigenvalue weighted by Crippen LogP contribution is 2.48. The molecule has 0 bridgehead atoms. The van der Waals surface area contributed by atoms with Crippen molar-refractivity contribution < 1.29 is 14.6 Å². The summed E-state index contributed by atoms with van der Waals surface area (Å²) in [5, 5.41) is 17.4. The largest absolute Gasteiger partial charge is 0.504 e. The average molecular weight is 408 g/mol. The molecule has 7 heteroatoms. The minimum absolute atomic E-state index is 0.0162. The number of hydrogen-bond donors (Lipinski definition) is 1. The number of nitrogens with zero attached hydrogens (tertiary/aromatic N) is 3. The number of methoxy groups -OCH3 is 1. The predicted octanol–water partition coefficient (Wildman–Crippen LogP) is 4.69. The van der Waals surface area contributed by atoms with E-state index < -0.39 is 0 Å². The second kappa shape index (κ2) is 6.97. The molecule has 2 atom stereocenters. The summed E-state index contributed by atoms with van der Waals surface area (Å²) < 4.78 is 11.5. The molecule has 3 heterocycles. The van der Waals surface area contributed by atoms with Crippen LogP contribution < -0.4 is 9.47 Å². The first-order valence-corrected chi connectivity index (χ1v) is 9.61. The Hall–Kier alpha value is -3.25. The molecular formula is C22H18ClN3O3. The lowest BCUT2D eigenvalue weighted by atomic mass is 9.96. The van der Waals surface area contributed by atoms with Gasteiger partial charge in [0.1, 0.15) is 5.75 Å². The van der Waals surface area contributed by atoms with Crippen LogP contribution in [0.25, 0.3) is 0 Å². The third kappa shape index (κ3) is 3.06. The van der Waals surface area contributed by atoms with Gasteiger partial charge in [0.25, 0.3) is 0 Å². The van der Waals surface area contributed by atoms with Gasteiger partial charge < -0.3 is 14.6 Å². The highest BCUT2D eigenvalue weighted by atomic mass is 35.5. The highest BCUT2D eigenvalue weighted by Gasteiger charge is 2.41. The normalized spacial score (nSPS) is 19.8. The zero-order valence-corrected chi connectivity index (χ0v) is 16.4. The maximum atomic E-state index is 9.92. The fourth-order valence-corrected chi connectivity index (χ4v) is 4.01. The van der Waals surface area contributed by atoms with Crippen LogP contribution in [0.2, 0.25) is 5.02 Å². The fraction of sp³-hybridized carbons (Fsp3) is 0.182.